The predicted molar refractivity (Wildman–Crippen MR) is 70.6 cm³/mol. The summed E-state index contributed by atoms with van der Waals surface area (Å²) in [7, 11) is 1.70. The molecule has 1 aliphatic carbocycles. The number of urea groups is 1. The monoisotopic (exact) mass is 262 g/mol. The Labute approximate surface area is 112 Å². The first kappa shape index (κ1) is 13.4. The maximum atomic E-state index is 11.9. The number of nitrogens with one attached hydrogen (secondary N) is 1. The second-order valence-corrected chi connectivity index (χ2v) is 5.09. The number of benzene rings is 1. The Morgan fingerprint density at radius 3 is 2.47 bits per heavy atom. The van der Waals surface area contributed by atoms with E-state index >= 15 is 0 Å². The number of carboxylic acids is 1. The summed E-state index contributed by atoms with van der Waals surface area (Å²) in [4.78, 5) is 24.4. The van der Waals surface area contributed by atoms with Crippen LogP contribution >= 0.6 is 0 Å². The molecule has 0 aromatic heterocycles. The van der Waals surface area contributed by atoms with Gasteiger partial charge < -0.3 is 15.3 Å². The van der Waals surface area contributed by atoms with Crippen molar-refractivity contribution in [2.24, 2.45) is 5.41 Å². The molecule has 19 heavy (non-hydrogen) atoms. The second-order valence-electron chi connectivity index (χ2n) is 5.09. The van der Waals surface area contributed by atoms with Crippen LogP contribution in [-0.2, 0) is 11.3 Å². The van der Waals surface area contributed by atoms with Gasteiger partial charge in [0.2, 0.25) is 0 Å². The van der Waals surface area contributed by atoms with Crippen LogP contribution in [0.5, 0.6) is 0 Å². The van der Waals surface area contributed by atoms with E-state index < -0.39 is 11.4 Å². The maximum Gasteiger partial charge on any atom is 0.317 e. The summed E-state index contributed by atoms with van der Waals surface area (Å²) in [6, 6.07) is 9.42. The Bertz CT molecular complexity index is 469. The molecular weight excluding hydrogens is 244 g/mol. The van der Waals surface area contributed by atoms with Crippen LogP contribution in [0, 0.1) is 5.41 Å². The zero-order valence-corrected chi connectivity index (χ0v) is 10.9. The molecule has 1 aromatic rings. The van der Waals surface area contributed by atoms with Gasteiger partial charge in [-0.25, -0.2) is 4.79 Å². The van der Waals surface area contributed by atoms with Crippen molar-refractivity contribution < 1.29 is 14.7 Å². The van der Waals surface area contributed by atoms with E-state index in [9.17, 15) is 9.59 Å². The van der Waals surface area contributed by atoms with Crippen LogP contribution in [0.2, 0.25) is 0 Å². The highest BCUT2D eigenvalue weighted by atomic mass is 16.4. The molecule has 5 nitrogen and oxygen atoms in total. The van der Waals surface area contributed by atoms with Crippen LogP contribution < -0.4 is 5.32 Å². The molecule has 0 spiro atoms. The van der Waals surface area contributed by atoms with Crippen molar-refractivity contribution in [3.63, 3.8) is 0 Å². The van der Waals surface area contributed by atoms with E-state index in [0.717, 1.165) is 5.56 Å². The molecule has 0 unspecified atom stereocenters. The highest BCUT2D eigenvalue weighted by Gasteiger charge is 2.50. The molecule has 0 heterocycles. The number of amides is 2. The van der Waals surface area contributed by atoms with Gasteiger partial charge in [-0.3, -0.25) is 4.79 Å². The lowest BCUT2D eigenvalue weighted by Crippen LogP contribution is -2.41. The molecule has 0 aliphatic heterocycles. The van der Waals surface area contributed by atoms with Crippen molar-refractivity contribution in [1.82, 2.24) is 10.2 Å². The molecule has 0 radical (unpaired) electrons. The normalized spacial score (nSPS) is 15.6. The number of hydrogen-bond donors (Lipinski definition) is 2. The number of carboxylic acid groups (broad SMARTS) is 1. The van der Waals surface area contributed by atoms with Gasteiger partial charge >= 0.3 is 12.0 Å². The van der Waals surface area contributed by atoms with Crippen molar-refractivity contribution in [2.75, 3.05) is 13.6 Å². The maximum absolute atomic E-state index is 11.9. The van der Waals surface area contributed by atoms with E-state index in [1.54, 1.807) is 11.9 Å². The quantitative estimate of drug-likeness (QED) is 0.848. The molecule has 2 amide bonds. The van der Waals surface area contributed by atoms with Crippen molar-refractivity contribution >= 4 is 12.0 Å². The summed E-state index contributed by atoms with van der Waals surface area (Å²) < 4.78 is 0. The first-order valence-corrected chi connectivity index (χ1v) is 6.30. The molecule has 5 heteroatoms. The Balaban J connectivity index is 1.82. The summed E-state index contributed by atoms with van der Waals surface area (Å²) in [6.07, 6.45) is 1.29. The number of aliphatic carboxylic acids is 1. The third-order valence-corrected chi connectivity index (χ3v) is 3.49. The largest absolute Gasteiger partial charge is 0.481 e. The van der Waals surface area contributed by atoms with Crippen LogP contribution in [0.3, 0.4) is 0 Å². The summed E-state index contributed by atoms with van der Waals surface area (Å²) >= 11 is 0. The lowest BCUT2D eigenvalue weighted by atomic mass is 10.1. The number of hydrogen-bond acceptors (Lipinski definition) is 2. The molecule has 1 aromatic carbocycles. The average molecular weight is 262 g/mol. The summed E-state index contributed by atoms with van der Waals surface area (Å²) in [5.74, 6) is -0.821. The average Bonchev–Trinajstić information content (AvgIpc) is 3.18. The molecular formula is C14H18N2O3. The standard InChI is InChI=1S/C14H18N2O3/c1-16(9-11-5-3-2-4-6-11)13(19)15-10-14(7-8-14)12(17)18/h2-6H,7-10H2,1H3,(H,15,19)(H,17,18). The highest BCUT2D eigenvalue weighted by molar-refractivity contribution is 5.80. The van der Waals surface area contributed by atoms with Gasteiger partial charge in [0.15, 0.2) is 0 Å². The van der Waals surface area contributed by atoms with Gasteiger partial charge in [0.1, 0.15) is 0 Å². The Morgan fingerprint density at radius 2 is 1.95 bits per heavy atom. The van der Waals surface area contributed by atoms with Gasteiger partial charge in [0, 0.05) is 20.1 Å². The smallest absolute Gasteiger partial charge is 0.317 e. The lowest BCUT2D eigenvalue weighted by molar-refractivity contribution is -0.143. The molecule has 0 atom stereocenters. The van der Waals surface area contributed by atoms with Crippen molar-refractivity contribution in [1.29, 1.82) is 0 Å². The van der Waals surface area contributed by atoms with Crippen LogP contribution in [0.15, 0.2) is 30.3 Å². The van der Waals surface area contributed by atoms with Crippen LogP contribution in [0.4, 0.5) is 4.79 Å². The first-order chi connectivity index (χ1) is 9.03. The van der Waals surface area contributed by atoms with E-state index in [1.165, 1.54) is 0 Å². The van der Waals surface area contributed by atoms with Crippen LogP contribution in [-0.4, -0.2) is 35.6 Å². The molecule has 102 valence electrons. The van der Waals surface area contributed by atoms with Crippen molar-refractivity contribution in [3.05, 3.63) is 35.9 Å². The van der Waals surface area contributed by atoms with Gasteiger partial charge in [-0.1, -0.05) is 30.3 Å². The number of carbonyl (C=O) groups is 2. The minimum atomic E-state index is -0.821. The Hall–Kier alpha value is -2.04. The third kappa shape index (κ3) is 3.24. The molecule has 1 aliphatic rings. The van der Waals surface area contributed by atoms with Crippen molar-refractivity contribution in [3.8, 4) is 0 Å². The zero-order valence-electron chi connectivity index (χ0n) is 10.9. The fraction of sp³-hybridized carbons (Fsp3) is 0.429. The van der Waals surface area contributed by atoms with E-state index in [2.05, 4.69) is 5.32 Å². The third-order valence-electron chi connectivity index (χ3n) is 3.49. The van der Waals surface area contributed by atoms with Gasteiger partial charge in [-0.2, -0.15) is 0 Å². The summed E-state index contributed by atoms with van der Waals surface area (Å²) in [5, 5.41) is 11.7. The van der Waals surface area contributed by atoms with Gasteiger partial charge in [-0.05, 0) is 18.4 Å². The van der Waals surface area contributed by atoms with E-state index in [-0.39, 0.29) is 12.6 Å². The van der Waals surface area contributed by atoms with Gasteiger partial charge in [0.25, 0.3) is 0 Å². The Morgan fingerprint density at radius 1 is 1.32 bits per heavy atom. The minimum absolute atomic E-state index is 0.209. The number of rotatable bonds is 5. The molecule has 0 saturated heterocycles. The lowest BCUT2D eigenvalue weighted by Gasteiger charge is -2.19. The topological polar surface area (TPSA) is 69.6 Å². The Kier molecular flexibility index (Phi) is 3.74. The molecule has 1 saturated carbocycles. The van der Waals surface area contributed by atoms with Crippen molar-refractivity contribution in [2.45, 2.75) is 19.4 Å². The van der Waals surface area contributed by atoms with Gasteiger partial charge in [0.05, 0.1) is 5.41 Å². The summed E-state index contributed by atoms with van der Waals surface area (Å²) in [5.41, 5.74) is 0.322. The fourth-order valence-corrected chi connectivity index (χ4v) is 1.93. The van der Waals surface area contributed by atoms with E-state index in [0.29, 0.717) is 19.4 Å². The molecule has 0 bridgehead atoms. The van der Waals surface area contributed by atoms with E-state index in [1.807, 2.05) is 30.3 Å². The predicted octanol–water partition coefficient (Wildman–Crippen LogP) is 1.69. The highest BCUT2D eigenvalue weighted by Crippen LogP contribution is 2.45. The second kappa shape index (κ2) is 5.30. The molecule has 2 N–H and O–H groups in total. The minimum Gasteiger partial charge on any atom is -0.481 e. The fourth-order valence-electron chi connectivity index (χ4n) is 1.93. The van der Waals surface area contributed by atoms with Crippen LogP contribution in [0.25, 0.3) is 0 Å². The number of carbonyl (C=O) groups excluding carboxylic acids is 1. The molecule has 2 rings (SSSR count). The molecule has 1 fully saturated rings. The van der Waals surface area contributed by atoms with Gasteiger partial charge in [-0.15, -0.1) is 0 Å². The summed E-state index contributed by atoms with van der Waals surface area (Å²) in [6.45, 7) is 0.715. The zero-order chi connectivity index (χ0) is 13.9. The number of nitrogens with zero attached hydrogens (tertiary/aromatic N) is 1. The van der Waals surface area contributed by atoms with Crippen LogP contribution in [0.1, 0.15) is 18.4 Å². The first-order valence-electron chi connectivity index (χ1n) is 6.30. The van der Waals surface area contributed by atoms with E-state index in [4.69, 9.17) is 5.11 Å². The SMILES string of the molecule is CN(Cc1ccccc1)C(=O)NCC1(C(=O)O)CC1.